The molecule has 7 nitrogen and oxygen atoms in total. The van der Waals surface area contributed by atoms with E-state index in [-0.39, 0.29) is 11.6 Å². The summed E-state index contributed by atoms with van der Waals surface area (Å²) in [6.45, 7) is 0.536. The normalized spacial score (nSPS) is 9.96. The maximum absolute atomic E-state index is 12.3. The molecule has 7 heteroatoms. The highest BCUT2D eigenvalue weighted by molar-refractivity contribution is 6.02. The number of hydrogen-bond acceptors (Lipinski definition) is 6. The highest BCUT2D eigenvalue weighted by Crippen LogP contribution is 2.17. The number of amides is 1. The van der Waals surface area contributed by atoms with Crippen LogP contribution in [0.25, 0.3) is 0 Å². The van der Waals surface area contributed by atoms with E-state index in [0.29, 0.717) is 23.6 Å². The zero-order chi connectivity index (χ0) is 18.4. The van der Waals surface area contributed by atoms with E-state index in [9.17, 15) is 4.79 Å². The van der Waals surface area contributed by atoms with Crippen LogP contribution in [0.2, 0.25) is 0 Å². The highest BCUT2D eigenvalue weighted by atomic mass is 16.1. The van der Waals surface area contributed by atoms with Crippen LogP contribution in [0.3, 0.4) is 0 Å². The Bertz CT molecular complexity index is 962. The van der Waals surface area contributed by atoms with E-state index in [1.54, 1.807) is 24.4 Å². The van der Waals surface area contributed by atoms with Crippen LogP contribution in [0, 0.1) is 11.3 Å². The Balaban J connectivity index is 1.66. The van der Waals surface area contributed by atoms with Crippen molar-refractivity contribution in [2.75, 3.05) is 16.4 Å². The van der Waals surface area contributed by atoms with Crippen LogP contribution in [0.4, 0.5) is 17.2 Å². The number of nitrogen functional groups attached to an aromatic ring is 1. The van der Waals surface area contributed by atoms with Gasteiger partial charge in [0.25, 0.3) is 5.91 Å². The molecule has 0 spiro atoms. The second-order valence-corrected chi connectivity index (χ2v) is 5.49. The molecule has 1 amide bonds. The van der Waals surface area contributed by atoms with Gasteiger partial charge in [0.05, 0.1) is 11.3 Å². The zero-order valence-electron chi connectivity index (χ0n) is 13.8. The lowest BCUT2D eigenvalue weighted by Crippen LogP contribution is -2.14. The number of carbonyl (C=O) groups excluding carboxylic acids is 1. The minimum Gasteiger partial charge on any atom is -0.382 e. The first-order valence-corrected chi connectivity index (χ1v) is 7.86. The molecule has 0 saturated carbocycles. The van der Waals surface area contributed by atoms with Crippen molar-refractivity contribution in [3.05, 3.63) is 77.7 Å². The summed E-state index contributed by atoms with van der Waals surface area (Å²) in [5, 5.41) is 14.8. The molecule has 0 atom stereocenters. The van der Waals surface area contributed by atoms with E-state index in [1.165, 1.54) is 12.3 Å². The van der Waals surface area contributed by atoms with Crippen molar-refractivity contribution in [2.24, 2.45) is 0 Å². The molecule has 2 aromatic heterocycles. The largest absolute Gasteiger partial charge is 0.382 e. The number of nitrogens with one attached hydrogen (secondary N) is 2. The van der Waals surface area contributed by atoms with Crippen molar-refractivity contribution in [3.63, 3.8) is 0 Å². The fourth-order valence-corrected chi connectivity index (χ4v) is 2.31. The molecule has 0 unspecified atom stereocenters. The van der Waals surface area contributed by atoms with Crippen molar-refractivity contribution in [3.8, 4) is 6.07 Å². The molecule has 0 saturated heterocycles. The third-order valence-electron chi connectivity index (χ3n) is 3.63. The summed E-state index contributed by atoms with van der Waals surface area (Å²) in [7, 11) is 0. The number of benzene rings is 1. The maximum atomic E-state index is 12.3. The van der Waals surface area contributed by atoms with Gasteiger partial charge in [-0.25, -0.2) is 9.97 Å². The van der Waals surface area contributed by atoms with Gasteiger partial charge in [-0.05, 0) is 42.0 Å². The van der Waals surface area contributed by atoms with Gasteiger partial charge in [0, 0.05) is 24.6 Å². The molecule has 0 bridgehead atoms. The van der Waals surface area contributed by atoms with Gasteiger partial charge >= 0.3 is 0 Å². The van der Waals surface area contributed by atoms with Crippen molar-refractivity contribution < 1.29 is 4.79 Å². The molecule has 4 N–H and O–H groups in total. The average molecular weight is 344 g/mol. The van der Waals surface area contributed by atoms with Crippen LogP contribution < -0.4 is 16.4 Å². The number of carbonyl (C=O) groups is 1. The number of pyridine rings is 2. The first kappa shape index (κ1) is 16.9. The van der Waals surface area contributed by atoms with Crippen LogP contribution in [-0.2, 0) is 6.54 Å². The standard InChI is InChI=1S/C19H16N6O/c20-10-14-6-7-17(24-12-14)19(26)25-15-4-1-3-13(9-15)11-23-16-5-2-8-22-18(16)21/h1-9,12,23H,11H2,(H2,21,22)(H,25,26). The molecule has 26 heavy (non-hydrogen) atoms. The predicted molar refractivity (Wildman–Crippen MR) is 99.3 cm³/mol. The molecule has 1 aromatic carbocycles. The summed E-state index contributed by atoms with van der Waals surface area (Å²) < 4.78 is 0. The van der Waals surface area contributed by atoms with Gasteiger partial charge in [-0.3, -0.25) is 4.79 Å². The van der Waals surface area contributed by atoms with Crippen LogP contribution in [-0.4, -0.2) is 15.9 Å². The zero-order valence-corrected chi connectivity index (χ0v) is 13.8. The molecule has 0 aliphatic heterocycles. The van der Waals surface area contributed by atoms with E-state index in [0.717, 1.165) is 11.3 Å². The molecule has 128 valence electrons. The van der Waals surface area contributed by atoms with E-state index in [1.807, 2.05) is 30.3 Å². The molecule has 3 aromatic rings. The van der Waals surface area contributed by atoms with Crippen LogP contribution in [0.1, 0.15) is 21.6 Å². The molecule has 0 aliphatic rings. The van der Waals surface area contributed by atoms with Crippen molar-refractivity contribution in [1.82, 2.24) is 9.97 Å². The minimum absolute atomic E-state index is 0.246. The number of rotatable bonds is 5. The molecule has 0 aliphatic carbocycles. The van der Waals surface area contributed by atoms with E-state index >= 15 is 0 Å². The molecular weight excluding hydrogens is 328 g/mol. The third kappa shape index (κ3) is 4.13. The minimum atomic E-state index is -0.337. The lowest BCUT2D eigenvalue weighted by Gasteiger charge is -2.10. The van der Waals surface area contributed by atoms with Gasteiger partial charge in [-0.2, -0.15) is 5.26 Å². The number of nitriles is 1. The van der Waals surface area contributed by atoms with Crippen molar-refractivity contribution in [2.45, 2.75) is 6.54 Å². The second kappa shape index (κ2) is 7.77. The predicted octanol–water partition coefficient (Wildman–Crippen LogP) is 2.79. The van der Waals surface area contributed by atoms with Crippen molar-refractivity contribution in [1.29, 1.82) is 5.26 Å². The van der Waals surface area contributed by atoms with Gasteiger partial charge in [0.1, 0.15) is 17.6 Å². The summed E-state index contributed by atoms with van der Waals surface area (Å²) in [6, 6.07) is 16.1. The van der Waals surface area contributed by atoms with Gasteiger partial charge in [-0.15, -0.1) is 0 Å². The summed E-state index contributed by atoms with van der Waals surface area (Å²) in [4.78, 5) is 20.3. The highest BCUT2D eigenvalue weighted by Gasteiger charge is 2.08. The number of aromatic nitrogens is 2. The Kier molecular flexibility index (Phi) is 5.05. The second-order valence-electron chi connectivity index (χ2n) is 5.49. The SMILES string of the molecule is N#Cc1ccc(C(=O)Nc2cccc(CNc3cccnc3N)c2)nc1. The molecule has 0 fully saturated rings. The molecule has 0 radical (unpaired) electrons. The summed E-state index contributed by atoms with van der Waals surface area (Å²) in [5.41, 5.74) is 8.84. The molecular formula is C19H16N6O. The lowest BCUT2D eigenvalue weighted by atomic mass is 10.2. The van der Waals surface area contributed by atoms with Gasteiger partial charge in [-0.1, -0.05) is 12.1 Å². The fraction of sp³-hybridized carbons (Fsp3) is 0.0526. The van der Waals surface area contributed by atoms with E-state index in [4.69, 9.17) is 11.0 Å². The Morgan fingerprint density at radius 1 is 1.15 bits per heavy atom. The first-order chi connectivity index (χ1) is 12.7. The van der Waals surface area contributed by atoms with Gasteiger partial charge in [0.15, 0.2) is 0 Å². The van der Waals surface area contributed by atoms with Gasteiger partial charge < -0.3 is 16.4 Å². The van der Waals surface area contributed by atoms with Crippen LogP contribution in [0.15, 0.2) is 60.9 Å². The number of hydrogen-bond donors (Lipinski definition) is 3. The fourth-order valence-electron chi connectivity index (χ4n) is 2.31. The number of nitrogens with zero attached hydrogens (tertiary/aromatic N) is 3. The third-order valence-corrected chi connectivity index (χ3v) is 3.63. The Labute approximate surface area is 150 Å². The van der Waals surface area contributed by atoms with E-state index in [2.05, 4.69) is 20.6 Å². The van der Waals surface area contributed by atoms with Gasteiger partial charge in [0.2, 0.25) is 0 Å². The topological polar surface area (TPSA) is 117 Å². The monoisotopic (exact) mass is 344 g/mol. The van der Waals surface area contributed by atoms with Crippen molar-refractivity contribution >= 4 is 23.1 Å². The smallest absolute Gasteiger partial charge is 0.274 e. The first-order valence-electron chi connectivity index (χ1n) is 7.86. The maximum Gasteiger partial charge on any atom is 0.274 e. The van der Waals surface area contributed by atoms with Crippen LogP contribution >= 0.6 is 0 Å². The molecule has 3 rings (SSSR count). The summed E-state index contributed by atoms with van der Waals surface area (Å²) in [5.74, 6) is 0.0972. The number of anilines is 3. The quantitative estimate of drug-likeness (QED) is 0.655. The lowest BCUT2D eigenvalue weighted by molar-refractivity contribution is 0.102. The summed E-state index contributed by atoms with van der Waals surface area (Å²) >= 11 is 0. The molecule has 2 heterocycles. The Morgan fingerprint density at radius 3 is 2.77 bits per heavy atom. The van der Waals surface area contributed by atoms with E-state index < -0.39 is 0 Å². The Hall–Kier alpha value is -3.92. The number of nitrogens with two attached hydrogens (primary N) is 1. The van der Waals surface area contributed by atoms with Crippen LogP contribution in [0.5, 0.6) is 0 Å². The summed E-state index contributed by atoms with van der Waals surface area (Å²) in [6.07, 6.45) is 3.00. The Morgan fingerprint density at radius 2 is 2.04 bits per heavy atom. The average Bonchev–Trinajstić information content (AvgIpc) is 2.68.